The fourth-order valence-electron chi connectivity index (χ4n) is 1.74. The molecule has 2 N–H and O–H groups in total. The lowest BCUT2D eigenvalue weighted by Crippen LogP contribution is -2.24. The van der Waals surface area contributed by atoms with Crippen molar-refractivity contribution in [2.45, 2.75) is 0 Å². The van der Waals surface area contributed by atoms with Crippen LogP contribution in [0.4, 0.5) is 0 Å². The van der Waals surface area contributed by atoms with Crippen LogP contribution >= 0.6 is 0 Å². The average molecular weight is 282 g/mol. The van der Waals surface area contributed by atoms with E-state index in [-0.39, 0.29) is 18.1 Å². The Bertz CT molecular complexity index is 674. The molecule has 0 bridgehead atoms. The van der Waals surface area contributed by atoms with E-state index in [0.29, 0.717) is 15.9 Å². The molecule has 21 heavy (non-hydrogen) atoms. The van der Waals surface area contributed by atoms with Gasteiger partial charge in [0.2, 0.25) is 0 Å². The molecule has 0 aliphatic carbocycles. The van der Waals surface area contributed by atoms with Crippen LogP contribution < -0.4 is 10.5 Å². The third-order valence-electron chi connectivity index (χ3n) is 2.93. The predicted octanol–water partition coefficient (Wildman–Crippen LogP) is 1.36. The van der Waals surface area contributed by atoms with Crippen molar-refractivity contribution in [3.63, 3.8) is 0 Å². The highest BCUT2D eigenvalue weighted by Crippen LogP contribution is 2.08. The minimum atomic E-state index is -0.197. The van der Waals surface area contributed by atoms with E-state index in [4.69, 9.17) is 5.73 Å². The lowest BCUT2D eigenvalue weighted by atomic mass is 10.1. The molecule has 5 heteroatoms. The van der Waals surface area contributed by atoms with Crippen LogP contribution in [0.15, 0.2) is 54.9 Å². The molecule has 2 aromatic rings. The van der Waals surface area contributed by atoms with Crippen LogP contribution in [0.2, 0.25) is 0 Å². The van der Waals surface area contributed by atoms with Crippen LogP contribution in [0, 0.1) is 5.21 Å². The zero-order valence-electron chi connectivity index (χ0n) is 11.2. The predicted molar refractivity (Wildman–Crippen MR) is 78.6 cm³/mol. The minimum absolute atomic E-state index is 0.0264. The first kappa shape index (κ1) is 14.6. The summed E-state index contributed by atoms with van der Waals surface area (Å²) >= 11 is 0. The second-order valence-corrected chi connectivity index (χ2v) is 4.39. The Morgan fingerprint density at radius 1 is 1.05 bits per heavy atom. The molecule has 0 aliphatic heterocycles. The summed E-state index contributed by atoms with van der Waals surface area (Å²) in [6.45, 7) is -0.0264. The van der Waals surface area contributed by atoms with Gasteiger partial charge >= 0.3 is 0 Å². The number of hydrogen-bond acceptors (Lipinski definition) is 4. The Kier molecular flexibility index (Phi) is 4.58. The topological polar surface area (TPSA) is 87.1 Å². The number of nitrogens with zero attached hydrogens (tertiary/aromatic N) is 1. The summed E-state index contributed by atoms with van der Waals surface area (Å²) in [5, 5.41) is 10.9. The quantitative estimate of drug-likeness (QED) is 0.388. The number of nitrogens with two attached hydrogens (primary N) is 1. The van der Waals surface area contributed by atoms with Crippen molar-refractivity contribution in [2.24, 2.45) is 5.73 Å². The standard InChI is InChI=1S/C16H14N2O3/c17-11-16(20)13-4-1-12(2-5-13)3-6-15(19)14-7-9-18(21)10-8-14/h1-10H,11,17H2/b6-3+. The Morgan fingerprint density at radius 3 is 2.24 bits per heavy atom. The highest BCUT2D eigenvalue weighted by Gasteiger charge is 2.04. The summed E-state index contributed by atoms with van der Waals surface area (Å²) in [4.78, 5) is 23.3. The number of hydrogen-bond donors (Lipinski definition) is 1. The van der Waals surface area contributed by atoms with Gasteiger partial charge in [-0.3, -0.25) is 9.59 Å². The van der Waals surface area contributed by atoms with E-state index in [2.05, 4.69) is 0 Å². The first-order chi connectivity index (χ1) is 10.1. The van der Waals surface area contributed by atoms with Gasteiger partial charge in [0.25, 0.3) is 0 Å². The molecule has 0 atom stereocenters. The summed E-state index contributed by atoms with van der Waals surface area (Å²) in [5.41, 5.74) is 7.06. The molecule has 2 rings (SSSR count). The number of carbonyl (C=O) groups excluding carboxylic acids is 2. The number of Topliss-reactive ketones (excluding diaryl/α,β-unsaturated/α-hetero) is 1. The van der Waals surface area contributed by atoms with E-state index >= 15 is 0 Å². The SMILES string of the molecule is NCC(=O)c1ccc(/C=C/C(=O)c2cc[n+]([O-])cc2)cc1. The molecule has 106 valence electrons. The highest BCUT2D eigenvalue weighted by atomic mass is 16.5. The molecule has 1 heterocycles. The molecule has 5 nitrogen and oxygen atoms in total. The Morgan fingerprint density at radius 2 is 1.67 bits per heavy atom. The molecular weight excluding hydrogens is 268 g/mol. The van der Waals surface area contributed by atoms with Crippen LogP contribution in [-0.2, 0) is 0 Å². The molecule has 0 unspecified atom stereocenters. The van der Waals surface area contributed by atoms with Crippen LogP contribution in [0.25, 0.3) is 6.08 Å². The maximum atomic E-state index is 11.9. The molecule has 1 aromatic heterocycles. The zero-order valence-corrected chi connectivity index (χ0v) is 11.2. The van der Waals surface area contributed by atoms with Crippen LogP contribution in [0.1, 0.15) is 26.3 Å². The Hall–Kier alpha value is -2.79. The van der Waals surface area contributed by atoms with E-state index in [1.807, 2.05) is 0 Å². The van der Waals surface area contributed by atoms with E-state index < -0.39 is 0 Å². The maximum absolute atomic E-state index is 11.9. The largest absolute Gasteiger partial charge is 0.619 e. The first-order valence-corrected chi connectivity index (χ1v) is 6.35. The highest BCUT2D eigenvalue weighted by molar-refractivity contribution is 6.06. The number of aromatic nitrogens is 1. The van der Waals surface area contributed by atoms with Gasteiger partial charge < -0.3 is 10.9 Å². The minimum Gasteiger partial charge on any atom is -0.619 e. The summed E-state index contributed by atoms with van der Waals surface area (Å²) in [5.74, 6) is -0.325. The molecule has 1 aromatic carbocycles. The van der Waals surface area contributed by atoms with E-state index in [1.165, 1.54) is 30.6 Å². The number of carbonyl (C=O) groups is 2. The maximum Gasteiger partial charge on any atom is 0.186 e. The van der Waals surface area contributed by atoms with Crippen molar-refractivity contribution < 1.29 is 14.3 Å². The second-order valence-electron chi connectivity index (χ2n) is 4.39. The van der Waals surface area contributed by atoms with E-state index in [0.717, 1.165) is 5.56 Å². The number of allylic oxidation sites excluding steroid dienone is 1. The molecule has 0 amide bonds. The number of benzene rings is 1. The van der Waals surface area contributed by atoms with Gasteiger partial charge in [-0.25, -0.2) is 0 Å². The lowest BCUT2D eigenvalue weighted by Gasteiger charge is -1.99. The third-order valence-corrected chi connectivity index (χ3v) is 2.93. The molecule has 0 saturated heterocycles. The molecule has 0 saturated carbocycles. The van der Waals surface area contributed by atoms with Crippen LogP contribution in [-0.4, -0.2) is 18.1 Å². The summed E-state index contributed by atoms with van der Waals surface area (Å²) in [6.07, 6.45) is 5.62. The molecule has 0 aliphatic rings. The van der Waals surface area contributed by atoms with Gasteiger partial charge in [-0.2, -0.15) is 4.73 Å². The van der Waals surface area contributed by atoms with Gasteiger partial charge in [-0.15, -0.1) is 0 Å². The van der Waals surface area contributed by atoms with E-state index in [1.54, 1.807) is 30.3 Å². The van der Waals surface area contributed by atoms with Gasteiger partial charge in [-0.1, -0.05) is 30.3 Å². The van der Waals surface area contributed by atoms with E-state index in [9.17, 15) is 14.8 Å². The fraction of sp³-hybridized carbons (Fsp3) is 0.0625. The van der Waals surface area contributed by atoms with Gasteiger partial charge in [0.05, 0.1) is 6.54 Å². The monoisotopic (exact) mass is 282 g/mol. The second kappa shape index (κ2) is 6.58. The Labute approximate surface area is 121 Å². The summed E-state index contributed by atoms with van der Waals surface area (Å²) in [6, 6.07) is 9.74. The molecular formula is C16H14N2O3. The van der Waals surface area contributed by atoms with Crippen molar-refractivity contribution >= 4 is 17.6 Å². The normalized spacial score (nSPS) is 10.7. The van der Waals surface area contributed by atoms with Crippen LogP contribution in [0.3, 0.4) is 0 Å². The summed E-state index contributed by atoms with van der Waals surface area (Å²) in [7, 11) is 0. The van der Waals surface area contributed by atoms with Gasteiger partial charge in [-0.05, 0) is 11.6 Å². The Balaban J connectivity index is 2.08. The van der Waals surface area contributed by atoms with Crippen molar-refractivity contribution in [2.75, 3.05) is 6.54 Å². The summed E-state index contributed by atoms with van der Waals surface area (Å²) < 4.78 is 0.619. The van der Waals surface area contributed by atoms with Crippen molar-refractivity contribution in [1.82, 2.24) is 0 Å². The van der Waals surface area contributed by atoms with Crippen LogP contribution in [0.5, 0.6) is 0 Å². The smallest absolute Gasteiger partial charge is 0.186 e. The van der Waals surface area contributed by atoms with Gasteiger partial charge in [0, 0.05) is 23.3 Å². The van der Waals surface area contributed by atoms with Gasteiger partial charge in [0.1, 0.15) is 0 Å². The first-order valence-electron chi connectivity index (χ1n) is 6.35. The zero-order chi connectivity index (χ0) is 15.2. The van der Waals surface area contributed by atoms with Crippen molar-refractivity contribution in [3.05, 3.63) is 76.8 Å². The lowest BCUT2D eigenvalue weighted by molar-refractivity contribution is -0.605. The van der Waals surface area contributed by atoms with Gasteiger partial charge in [0.15, 0.2) is 24.0 Å². The average Bonchev–Trinajstić information content (AvgIpc) is 2.53. The number of pyridine rings is 1. The van der Waals surface area contributed by atoms with Crippen molar-refractivity contribution in [1.29, 1.82) is 0 Å². The van der Waals surface area contributed by atoms with Crippen molar-refractivity contribution in [3.8, 4) is 0 Å². The molecule has 0 spiro atoms. The fourth-order valence-corrected chi connectivity index (χ4v) is 1.74. The molecule has 0 fully saturated rings. The number of ketones is 2. The third kappa shape index (κ3) is 3.84. The number of rotatable bonds is 5. The molecule has 0 radical (unpaired) electrons.